The number of rotatable bonds is 11. The van der Waals surface area contributed by atoms with Gasteiger partial charge in [0, 0.05) is 42.0 Å². The number of nitrogens with two attached hydrogens (primary N) is 1. The molecule has 3 aromatic carbocycles. The number of hydrogen-bond donors (Lipinski definition) is 1. The lowest BCUT2D eigenvalue weighted by molar-refractivity contribution is 0.483. The normalized spacial score (nSPS) is 13.3. The van der Waals surface area contributed by atoms with Gasteiger partial charge in [0.25, 0.3) is 0 Å². The van der Waals surface area contributed by atoms with E-state index < -0.39 is 0 Å². The number of aromatic nitrogens is 2. The van der Waals surface area contributed by atoms with Crippen molar-refractivity contribution >= 4 is 38.6 Å². The number of nitrogens with zero attached hydrogens (tertiary/aromatic N) is 5. The van der Waals surface area contributed by atoms with Gasteiger partial charge in [-0.1, -0.05) is 54.7 Å². The first-order chi connectivity index (χ1) is 25.0. The summed E-state index contributed by atoms with van der Waals surface area (Å²) in [6.07, 6.45) is 18.8. The van der Waals surface area contributed by atoms with Gasteiger partial charge in [-0.3, -0.25) is 4.57 Å². The highest BCUT2D eigenvalue weighted by atomic mass is 16.3. The van der Waals surface area contributed by atoms with Gasteiger partial charge in [0.05, 0.1) is 22.0 Å². The molecule has 262 valence electrons. The lowest BCUT2D eigenvalue weighted by Gasteiger charge is -2.28. The Morgan fingerprint density at radius 1 is 0.923 bits per heavy atom. The van der Waals surface area contributed by atoms with Crippen molar-refractivity contribution in [1.82, 2.24) is 14.6 Å². The molecule has 5 aromatic rings. The maximum absolute atomic E-state index is 10.8. The highest BCUT2D eigenvalue weighted by Gasteiger charge is 2.25. The molecule has 0 amide bonds. The first kappa shape index (κ1) is 35.6. The summed E-state index contributed by atoms with van der Waals surface area (Å²) in [5.41, 5.74) is 21.0. The maximum Gasteiger partial charge on any atom is 0.137 e. The monoisotopic (exact) mass is 686 g/mol. The van der Waals surface area contributed by atoms with Gasteiger partial charge in [-0.05, 0) is 147 Å². The van der Waals surface area contributed by atoms with Crippen molar-refractivity contribution < 1.29 is 0 Å². The Kier molecular flexibility index (Phi) is 10.2. The topological polar surface area (TPSA) is 79.8 Å². The van der Waals surface area contributed by atoms with Crippen LogP contribution in [0.5, 0.6) is 0 Å². The van der Waals surface area contributed by atoms with Gasteiger partial charge in [0.15, 0.2) is 0 Å². The molecule has 7 nitrogen and oxygen atoms in total. The SMILES string of the molecule is C=C(C)c1ccc2c(c1)c1cc3c(cc1n2-c1cc(C)ccn1)-c1cc(N(/C=C\C)/C(N)=C/C(C)=C\C)c(C(=C)/C=C/C=C\N(C)N=O)cc1CC3. The Hall–Kier alpha value is -6.21. The largest absolute Gasteiger partial charge is 0.385 e. The molecule has 0 spiro atoms. The summed E-state index contributed by atoms with van der Waals surface area (Å²) in [4.78, 5) is 17.7. The molecule has 2 N–H and O–H groups in total. The lowest BCUT2D eigenvalue weighted by Crippen LogP contribution is -2.23. The van der Waals surface area contributed by atoms with Crippen LogP contribution in [-0.2, 0) is 12.8 Å². The average molecular weight is 687 g/mol. The summed E-state index contributed by atoms with van der Waals surface area (Å²) in [6, 6.07) is 20.0. The average Bonchev–Trinajstić information content (AvgIpc) is 3.46. The second-order valence-electron chi connectivity index (χ2n) is 13.4. The summed E-state index contributed by atoms with van der Waals surface area (Å²) in [7, 11) is 1.59. The Labute approximate surface area is 306 Å². The van der Waals surface area contributed by atoms with Gasteiger partial charge in [-0.25, -0.2) is 9.99 Å². The molecule has 0 atom stereocenters. The van der Waals surface area contributed by atoms with E-state index in [0.29, 0.717) is 5.82 Å². The first-order valence-electron chi connectivity index (χ1n) is 17.5. The van der Waals surface area contributed by atoms with Gasteiger partial charge in [0.2, 0.25) is 0 Å². The molecular formula is C45H46N6O. The molecule has 7 heteroatoms. The molecule has 0 saturated heterocycles. The quantitative estimate of drug-likeness (QED) is 0.0850. The molecular weight excluding hydrogens is 641 g/mol. The Balaban J connectivity index is 1.62. The minimum absolute atomic E-state index is 0.593. The van der Waals surface area contributed by atoms with Crippen LogP contribution >= 0.6 is 0 Å². The van der Waals surface area contributed by atoms with Crippen LogP contribution < -0.4 is 10.6 Å². The molecule has 1 aliphatic rings. The predicted molar refractivity (Wildman–Crippen MR) is 221 cm³/mol. The van der Waals surface area contributed by atoms with Crippen LogP contribution in [0.25, 0.3) is 49.9 Å². The number of nitroso groups, excluding NO2 is 1. The van der Waals surface area contributed by atoms with Crippen molar-refractivity contribution in [3.63, 3.8) is 0 Å². The van der Waals surface area contributed by atoms with Crippen LogP contribution in [0.1, 0.15) is 55.5 Å². The number of allylic oxidation sites excluding steroid dienone is 9. The van der Waals surface area contributed by atoms with E-state index in [-0.39, 0.29) is 0 Å². The molecule has 6 rings (SSSR count). The number of anilines is 1. The van der Waals surface area contributed by atoms with E-state index in [1.807, 2.05) is 74.5 Å². The molecule has 0 fully saturated rings. The van der Waals surface area contributed by atoms with E-state index in [9.17, 15) is 4.91 Å². The van der Waals surface area contributed by atoms with Crippen LogP contribution in [0.3, 0.4) is 0 Å². The summed E-state index contributed by atoms with van der Waals surface area (Å²) < 4.78 is 2.29. The van der Waals surface area contributed by atoms with Crippen molar-refractivity contribution in [2.75, 3.05) is 11.9 Å². The summed E-state index contributed by atoms with van der Waals surface area (Å²) in [5, 5.41) is 6.50. The molecule has 2 aromatic heterocycles. The van der Waals surface area contributed by atoms with Crippen molar-refractivity contribution in [1.29, 1.82) is 0 Å². The van der Waals surface area contributed by atoms with Crippen LogP contribution in [0.2, 0.25) is 0 Å². The van der Waals surface area contributed by atoms with Crippen molar-refractivity contribution in [2.24, 2.45) is 11.0 Å². The smallest absolute Gasteiger partial charge is 0.137 e. The van der Waals surface area contributed by atoms with E-state index in [2.05, 4.69) is 85.4 Å². The van der Waals surface area contributed by atoms with Gasteiger partial charge in [-0.2, -0.15) is 0 Å². The summed E-state index contributed by atoms with van der Waals surface area (Å²) >= 11 is 0. The van der Waals surface area contributed by atoms with Crippen molar-refractivity contribution in [3.8, 4) is 16.9 Å². The van der Waals surface area contributed by atoms with E-state index in [0.717, 1.165) is 68.8 Å². The van der Waals surface area contributed by atoms with E-state index in [1.54, 1.807) is 19.3 Å². The second kappa shape index (κ2) is 15.0. The van der Waals surface area contributed by atoms with Crippen molar-refractivity contribution in [2.45, 2.75) is 47.5 Å². The Morgan fingerprint density at radius 2 is 1.65 bits per heavy atom. The minimum Gasteiger partial charge on any atom is -0.385 e. The molecule has 52 heavy (non-hydrogen) atoms. The highest BCUT2D eigenvalue weighted by Crippen LogP contribution is 2.44. The third-order valence-corrected chi connectivity index (χ3v) is 9.64. The lowest BCUT2D eigenvalue weighted by atomic mass is 9.82. The summed E-state index contributed by atoms with van der Waals surface area (Å²) in [6.45, 7) is 18.9. The Morgan fingerprint density at radius 3 is 2.35 bits per heavy atom. The first-order valence-corrected chi connectivity index (χ1v) is 17.5. The predicted octanol–water partition coefficient (Wildman–Crippen LogP) is 11.1. The van der Waals surface area contributed by atoms with Gasteiger partial charge in [-0.15, -0.1) is 4.91 Å². The molecule has 1 aliphatic carbocycles. The highest BCUT2D eigenvalue weighted by molar-refractivity contribution is 6.11. The van der Waals surface area contributed by atoms with Crippen LogP contribution in [0.15, 0.2) is 139 Å². The van der Waals surface area contributed by atoms with Crippen molar-refractivity contribution in [3.05, 3.63) is 167 Å². The molecule has 0 bridgehead atoms. The zero-order valence-electron chi connectivity index (χ0n) is 30.9. The third kappa shape index (κ3) is 6.90. The van der Waals surface area contributed by atoms with Crippen LogP contribution in [-0.4, -0.2) is 21.6 Å². The molecule has 0 saturated carbocycles. The zero-order chi connectivity index (χ0) is 37.1. The molecule has 0 unspecified atom stereocenters. The molecule has 0 radical (unpaired) electrons. The minimum atomic E-state index is 0.593. The molecule has 0 aliphatic heterocycles. The third-order valence-electron chi connectivity index (χ3n) is 9.64. The molecule has 2 heterocycles. The van der Waals surface area contributed by atoms with E-state index >= 15 is 0 Å². The van der Waals surface area contributed by atoms with E-state index in [4.69, 9.17) is 10.7 Å². The summed E-state index contributed by atoms with van der Waals surface area (Å²) in [5.74, 6) is 1.48. The van der Waals surface area contributed by atoms with Gasteiger partial charge in [0.1, 0.15) is 11.6 Å². The number of aryl methyl sites for hydroxylation is 3. The van der Waals surface area contributed by atoms with Gasteiger partial charge >= 0.3 is 0 Å². The maximum atomic E-state index is 10.8. The fourth-order valence-electron chi connectivity index (χ4n) is 6.84. The van der Waals surface area contributed by atoms with Crippen LogP contribution in [0.4, 0.5) is 5.69 Å². The van der Waals surface area contributed by atoms with E-state index in [1.165, 1.54) is 38.0 Å². The number of pyridine rings is 1. The standard InChI is InChI=1S/C45H46N6O/c1-9-20-50(44(46)22-30(5)10-2)42-27-37-34(25-36(42)32(7)13-11-12-21-49(8)48-52)14-15-35-26-40-39-24-33(29(3)4)16-17-41(39)51(43(40)28-38(35)37)45-23-31(6)18-19-47-45/h9-13,16-28H,3,7,14-15,46H2,1-2,4-6,8H3/b13-11+,20-9-,21-12-,30-10-,44-22+. The van der Waals surface area contributed by atoms with Crippen LogP contribution in [0, 0.1) is 11.8 Å². The zero-order valence-corrected chi connectivity index (χ0v) is 30.9. The Bertz CT molecular complexity index is 2400. The second-order valence-corrected chi connectivity index (χ2v) is 13.4. The fourth-order valence-corrected chi connectivity index (χ4v) is 6.84. The van der Waals surface area contributed by atoms with Gasteiger partial charge < -0.3 is 10.6 Å². The number of fused-ring (bicyclic) bond motifs is 6. The fraction of sp³-hybridized carbons (Fsp3) is 0.178. The number of benzene rings is 3. The number of hydrogen-bond acceptors (Lipinski definition) is 5.